The molecule has 7 rings (SSSR count). The van der Waals surface area contributed by atoms with Gasteiger partial charge in [-0.2, -0.15) is 0 Å². The topological polar surface area (TPSA) is 118 Å². The summed E-state index contributed by atoms with van der Waals surface area (Å²) in [6, 6.07) is 6.84. The normalized spacial score (nSPS) is 29.6. The molecule has 1 aliphatic carbocycles. The Balaban J connectivity index is 1.15. The van der Waals surface area contributed by atoms with Crippen LogP contribution in [0.2, 0.25) is 0 Å². The van der Waals surface area contributed by atoms with Crippen LogP contribution in [0.15, 0.2) is 30.5 Å². The zero-order chi connectivity index (χ0) is 26.8. The molecule has 5 heterocycles. The molecule has 3 fully saturated rings. The number of halogens is 1. The Kier molecular flexibility index (Phi) is 5.62. The maximum Gasteiger partial charge on any atom is 0.276 e. The number of hydrogen-bond acceptors (Lipinski definition) is 10. The van der Waals surface area contributed by atoms with E-state index in [0.717, 1.165) is 32.1 Å². The Labute approximate surface area is 226 Å². The van der Waals surface area contributed by atoms with E-state index in [2.05, 4.69) is 42.5 Å². The molecule has 3 aromatic rings. The molecule has 39 heavy (non-hydrogen) atoms. The van der Waals surface area contributed by atoms with Crippen molar-refractivity contribution in [3.8, 4) is 39.9 Å². The summed E-state index contributed by atoms with van der Waals surface area (Å²) in [6.45, 7) is 5.11. The van der Waals surface area contributed by atoms with Gasteiger partial charge in [-0.3, -0.25) is 0 Å². The third-order valence-corrected chi connectivity index (χ3v) is 8.57. The lowest BCUT2D eigenvalue weighted by Crippen LogP contribution is -2.73. The van der Waals surface area contributed by atoms with Gasteiger partial charge in [-0.25, -0.2) is 9.37 Å². The van der Waals surface area contributed by atoms with E-state index < -0.39 is 11.7 Å². The largest absolute Gasteiger partial charge is 0.507 e. The molecule has 4 atom stereocenters. The molecule has 11 heteroatoms. The zero-order valence-corrected chi connectivity index (χ0v) is 22.1. The average molecular weight is 534 g/mol. The number of aromatic nitrogens is 5. The van der Waals surface area contributed by atoms with Gasteiger partial charge in [0.2, 0.25) is 5.95 Å². The van der Waals surface area contributed by atoms with Crippen molar-refractivity contribution in [3.05, 3.63) is 30.5 Å². The number of phenols is 1. The molecular formula is C28H32FN7O3. The first-order valence-corrected chi connectivity index (χ1v) is 13.7. The van der Waals surface area contributed by atoms with E-state index in [-0.39, 0.29) is 23.4 Å². The monoisotopic (exact) mass is 533 g/mol. The molecule has 0 spiro atoms. The fourth-order valence-electron chi connectivity index (χ4n) is 6.60. The third kappa shape index (κ3) is 4.32. The van der Waals surface area contributed by atoms with E-state index >= 15 is 4.39 Å². The van der Waals surface area contributed by atoms with Crippen molar-refractivity contribution < 1.29 is 19.0 Å². The fourth-order valence-corrected chi connectivity index (χ4v) is 6.60. The van der Waals surface area contributed by atoms with Gasteiger partial charge >= 0.3 is 0 Å². The summed E-state index contributed by atoms with van der Waals surface area (Å²) in [5.41, 5.74) is 1.50. The summed E-state index contributed by atoms with van der Waals surface area (Å²) in [6.07, 6.45) is 6.17. The molecule has 0 amide bonds. The molecule has 0 unspecified atom stereocenters. The van der Waals surface area contributed by atoms with Crippen molar-refractivity contribution in [1.82, 2.24) is 30.7 Å². The molecule has 4 aliphatic rings. The van der Waals surface area contributed by atoms with Crippen LogP contribution in [0.3, 0.4) is 0 Å². The summed E-state index contributed by atoms with van der Waals surface area (Å²) >= 11 is 0. The van der Waals surface area contributed by atoms with Crippen LogP contribution in [0, 0.1) is 0 Å². The predicted molar refractivity (Wildman–Crippen MR) is 142 cm³/mol. The van der Waals surface area contributed by atoms with Crippen LogP contribution in [0.1, 0.15) is 52.4 Å². The Hall–Kier alpha value is -3.60. The summed E-state index contributed by atoms with van der Waals surface area (Å²) in [4.78, 5) is 6.71. The van der Waals surface area contributed by atoms with Crippen molar-refractivity contribution in [3.63, 3.8) is 0 Å². The molecule has 2 aromatic heterocycles. The predicted octanol–water partition coefficient (Wildman–Crippen LogP) is 3.84. The Morgan fingerprint density at radius 2 is 1.85 bits per heavy atom. The summed E-state index contributed by atoms with van der Waals surface area (Å²) in [5, 5.41) is 31.6. The van der Waals surface area contributed by atoms with Crippen LogP contribution >= 0.6 is 0 Å². The minimum absolute atomic E-state index is 0.0166. The smallest absolute Gasteiger partial charge is 0.276 e. The summed E-state index contributed by atoms with van der Waals surface area (Å²) in [7, 11) is 0. The number of fused-ring (bicyclic) bond motifs is 3. The van der Waals surface area contributed by atoms with Crippen molar-refractivity contribution in [2.45, 2.75) is 81.7 Å². The van der Waals surface area contributed by atoms with Gasteiger partial charge in [0.25, 0.3) is 5.88 Å². The maximum atomic E-state index is 16.0. The molecule has 1 saturated carbocycles. The van der Waals surface area contributed by atoms with E-state index in [1.54, 1.807) is 24.4 Å². The summed E-state index contributed by atoms with van der Waals surface area (Å²) < 4.78 is 27.1. The van der Waals surface area contributed by atoms with Gasteiger partial charge < -0.3 is 24.8 Å². The number of piperidine rings is 2. The number of nitrogens with one attached hydrogen (secondary N) is 1. The molecule has 0 radical (unpaired) electrons. The van der Waals surface area contributed by atoms with E-state index in [9.17, 15) is 5.11 Å². The lowest BCUT2D eigenvalue weighted by Gasteiger charge is -2.57. The van der Waals surface area contributed by atoms with Gasteiger partial charge in [0.05, 0.1) is 17.9 Å². The zero-order valence-electron chi connectivity index (χ0n) is 22.1. The van der Waals surface area contributed by atoms with E-state index in [4.69, 9.17) is 9.47 Å². The SMILES string of the molecule is C[C@]12CCC[C@](C)(N1)[C@H](F)[C@H](N(c1ncc(-c3ccc(-c4cc5c(nn4)OCCO5)cc3O)nn1)C1CC1)C2. The third-order valence-electron chi connectivity index (χ3n) is 8.57. The highest BCUT2D eigenvalue weighted by Gasteiger charge is 2.56. The molecule has 10 nitrogen and oxygen atoms in total. The average Bonchev–Trinajstić information content (AvgIpc) is 3.77. The second-order valence-corrected chi connectivity index (χ2v) is 11.7. The Morgan fingerprint density at radius 3 is 2.62 bits per heavy atom. The molecule has 3 aliphatic heterocycles. The number of aromatic hydroxyl groups is 1. The molecule has 2 bridgehead atoms. The first-order chi connectivity index (χ1) is 18.8. The lowest BCUT2D eigenvalue weighted by atomic mass is 9.68. The van der Waals surface area contributed by atoms with Gasteiger partial charge in [0.15, 0.2) is 5.75 Å². The van der Waals surface area contributed by atoms with E-state index in [1.165, 1.54) is 0 Å². The number of nitrogens with zero attached hydrogens (tertiary/aromatic N) is 6. The van der Waals surface area contributed by atoms with Gasteiger partial charge in [-0.1, -0.05) is 6.07 Å². The van der Waals surface area contributed by atoms with Gasteiger partial charge in [-0.15, -0.1) is 20.4 Å². The van der Waals surface area contributed by atoms with Crippen LogP contribution in [0.25, 0.3) is 22.5 Å². The molecular weight excluding hydrogens is 501 g/mol. The van der Waals surface area contributed by atoms with Gasteiger partial charge in [0, 0.05) is 34.3 Å². The van der Waals surface area contributed by atoms with Gasteiger partial charge in [-0.05, 0) is 64.5 Å². The number of rotatable bonds is 5. The van der Waals surface area contributed by atoms with Crippen molar-refractivity contribution in [2.24, 2.45) is 0 Å². The van der Waals surface area contributed by atoms with E-state index in [1.807, 2.05) is 13.0 Å². The highest BCUT2D eigenvalue weighted by Crippen LogP contribution is 2.46. The van der Waals surface area contributed by atoms with Crippen molar-refractivity contribution in [1.29, 1.82) is 0 Å². The number of anilines is 1. The first-order valence-electron chi connectivity index (χ1n) is 13.7. The minimum atomic E-state index is -1.03. The van der Waals surface area contributed by atoms with Crippen molar-refractivity contribution in [2.75, 3.05) is 18.1 Å². The summed E-state index contributed by atoms with van der Waals surface area (Å²) in [5.74, 6) is 1.35. The molecule has 2 saturated heterocycles. The van der Waals surface area contributed by atoms with Crippen LogP contribution in [0.5, 0.6) is 17.4 Å². The Bertz CT molecular complexity index is 1400. The highest BCUT2D eigenvalue weighted by molar-refractivity contribution is 5.73. The standard InChI is InChI=1S/C28H32FN7O3/c1-27-8-3-9-28(2,35-27)24(29)21(14-27)36(17-5-6-17)26-30-15-20(32-34-26)18-7-4-16(12-22(18)37)19-13-23-25(33-31-19)39-11-10-38-23/h4,7,12-13,15,17,21,24,35,37H,3,5-6,8-11,14H2,1-2H3/t21-,24-,27-,28+/m1/s1. The maximum absolute atomic E-state index is 16.0. The van der Waals surface area contributed by atoms with Crippen LogP contribution < -0.4 is 19.7 Å². The van der Waals surface area contributed by atoms with Gasteiger partial charge in [0.1, 0.15) is 30.8 Å². The molecule has 2 N–H and O–H groups in total. The second-order valence-electron chi connectivity index (χ2n) is 11.7. The van der Waals surface area contributed by atoms with Crippen LogP contribution in [-0.4, -0.2) is 73.0 Å². The first kappa shape index (κ1) is 24.4. The quantitative estimate of drug-likeness (QED) is 0.501. The Morgan fingerprint density at radius 1 is 1.03 bits per heavy atom. The minimum Gasteiger partial charge on any atom is -0.507 e. The van der Waals surface area contributed by atoms with E-state index in [0.29, 0.717) is 59.7 Å². The molecule has 204 valence electrons. The highest BCUT2D eigenvalue weighted by atomic mass is 19.1. The molecule has 1 aromatic carbocycles. The second kappa shape index (κ2) is 8.97. The van der Waals surface area contributed by atoms with Crippen LogP contribution in [-0.2, 0) is 0 Å². The van der Waals surface area contributed by atoms with Crippen molar-refractivity contribution >= 4 is 5.95 Å². The van der Waals surface area contributed by atoms with Crippen LogP contribution in [0.4, 0.5) is 10.3 Å². The fraction of sp³-hybridized carbons (Fsp3) is 0.536. The lowest BCUT2D eigenvalue weighted by molar-refractivity contribution is 0.0000874. The number of ether oxygens (including phenoxy) is 2. The number of hydrogen-bond donors (Lipinski definition) is 2. The number of alkyl halides is 1. The number of benzene rings is 1. The number of phenolic OH excluding ortho intramolecular Hbond substituents is 1.